The maximum Gasteiger partial charge on any atom is 0.246 e. The molecule has 0 aromatic carbocycles. The fourth-order valence-corrected chi connectivity index (χ4v) is 2.91. The molecule has 24 heavy (non-hydrogen) atoms. The van der Waals surface area contributed by atoms with Crippen LogP contribution in [-0.2, 0) is 16.1 Å². The Hall–Kier alpha value is -1.18. The second kappa shape index (κ2) is 9.96. The SMILES string of the molecule is COC(C)c1noc(CN(C)C(=O)CC(C)C2CCNCC2)n1.Cl. The lowest BCUT2D eigenvalue weighted by Crippen LogP contribution is -2.34. The number of aromatic nitrogens is 2. The van der Waals surface area contributed by atoms with Gasteiger partial charge >= 0.3 is 0 Å². The van der Waals surface area contributed by atoms with E-state index in [0.717, 1.165) is 25.9 Å². The van der Waals surface area contributed by atoms with Crippen LogP contribution in [0.1, 0.15) is 50.9 Å². The molecular formula is C16H29ClN4O3. The van der Waals surface area contributed by atoms with Gasteiger partial charge in [-0.3, -0.25) is 4.79 Å². The lowest BCUT2D eigenvalue weighted by Gasteiger charge is -2.28. The van der Waals surface area contributed by atoms with E-state index in [4.69, 9.17) is 9.26 Å². The minimum absolute atomic E-state index is 0. The van der Waals surface area contributed by atoms with Crippen LogP contribution < -0.4 is 5.32 Å². The predicted molar refractivity (Wildman–Crippen MR) is 92.8 cm³/mol. The van der Waals surface area contributed by atoms with Crippen molar-refractivity contribution in [2.75, 3.05) is 27.2 Å². The second-order valence-electron chi connectivity index (χ2n) is 6.44. The molecular weight excluding hydrogens is 332 g/mol. The third-order valence-corrected chi connectivity index (χ3v) is 4.68. The Labute approximate surface area is 149 Å². The van der Waals surface area contributed by atoms with Gasteiger partial charge in [0.05, 0.1) is 6.54 Å². The molecule has 1 aromatic rings. The van der Waals surface area contributed by atoms with Gasteiger partial charge in [-0.25, -0.2) is 0 Å². The van der Waals surface area contributed by atoms with Crippen LogP contribution in [0.2, 0.25) is 0 Å². The zero-order valence-electron chi connectivity index (χ0n) is 14.9. The molecule has 0 aliphatic carbocycles. The molecule has 1 N–H and O–H groups in total. The molecule has 1 aliphatic rings. The van der Waals surface area contributed by atoms with E-state index in [2.05, 4.69) is 22.4 Å². The highest BCUT2D eigenvalue weighted by atomic mass is 35.5. The Balaban J connectivity index is 0.00000288. The first-order valence-electron chi connectivity index (χ1n) is 8.31. The molecule has 2 unspecified atom stereocenters. The van der Waals surface area contributed by atoms with Crippen molar-refractivity contribution < 1.29 is 14.1 Å². The fraction of sp³-hybridized carbons (Fsp3) is 0.812. The Kier molecular flexibility index (Phi) is 8.66. The van der Waals surface area contributed by atoms with E-state index in [9.17, 15) is 4.79 Å². The van der Waals surface area contributed by atoms with E-state index in [1.54, 1.807) is 19.1 Å². The van der Waals surface area contributed by atoms with Crippen LogP contribution in [0.4, 0.5) is 0 Å². The number of hydrogen-bond acceptors (Lipinski definition) is 6. The van der Waals surface area contributed by atoms with Crippen molar-refractivity contribution in [2.24, 2.45) is 11.8 Å². The van der Waals surface area contributed by atoms with Crippen LogP contribution in [0.25, 0.3) is 0 Å². The summed E-state index contributed by atoms with van der Waals surface area (Å²) in [7, 11) is 3.37. The first kappa shape index (κ1) is 20.9. The maximum atomic E-state index is 12.4. The highest BCUT2D eigenvalue weighted by molar-refractivity contribution is 5.85. The number of methoxy groups -OCH3 is 1. The number of rotatable bonds is 7. The molecule has 2 rings (SSSR count). The third kappa shape index (κ3) is 5.72. The number of halogens is 1. The Bertz CT molecular complexity index is 505. The van der Waals surface area contributed by atoms with Gasteiger partial charge in [-0.05, 0) is 44.7 Å². The highest BCUT2D eigenvalue weighted by Crippen LogP contribution is 2.25. The number of nitrogens with one attached hydrogen (secondary N) is 1. The van der Waals surface area contributed by atoms with Crippen molar-refractivity contribution in [1.29, 1.82) is 0 Å². The zero-order chi connectivity index (χ0) is 16.8. The lowest BCUT2D eigenvalue weighted by molar-refractivity contribution is -0.132. The third-order valence-electron chi connectivity index (χ3n) is 4.68. The summed E-state index contributed by atoms with van der Waals surface area (Å²) in [6.45, 7) is 6.47. The number of carbonyl (C=O) groups is 1. The average Bonchev–Trinajstić information content (AvgIpc) is 3.03. The molecule has 1 aromatic heterocycles. The number of ether oxygens (including phenoxy) is 1. The van der Waals surface area contributed by atoms with Gasteiger partial charge < -0.3 is 19.5 Å². The highest BCUT2D eigenvalue weighted by Gasteiger charge is 2.24. The van der Waals surface area contributed by atoms with Gasteiger partial charge in [0.25, 0.3) is 0 Å². The van der Waals surface area contributed by atoms with E-state index in [-0.39, 0.29) is 24.4 Å². The van der Waals surface area contributed by atoms with Gasteiger partial charge in [0.1, 0.15) is 6.10 Å². The smallest absolute Gasteiger partial charge is 0.246 e. The predicted octanol–water partition coefficient (Wildman–Crippen LogP) is 2.18. The zero-order valence-corrected chi connectivity index (χ0v) is 15.8. The molecule has 8 heteroatoms. The van der Waals surface area contributed by atoms with Gasteiger partial charge in [-0.2, -0.15) is 4.98 Å². The van der Waals surface area contributed by atoms with Crippen molar-refractivity contribution in [3.63, 3.8) is 0 Å². The summed E-state index contributed by atoms with van der Waals surface area (Å²) >= 11 is 0. The van der Waals surface area contributed by atoms with Crippen LogP contribution in [-0.4, -0.2) is 48.2 Å². The molecule has 0 spiro atoms. The standard InChI is InChI=1S/C16H28N4O3.ClH/c1-11(13-5-7-17-8-6-13)9-15(21)20(3)10-14-18-16(19-23-14)12(2)22-4;/h11-13,17H,5-10H2,1-4H3;1H. The monoisotopic (exact) mass is 360 g/mol. The fourth-order valence-electron chi connectivity index (χ4n) is 2.91. The van der Waals surface area contributed by atoms with E-state index in [1.807, 2.05) is 6.92 Å². The van der Waals surface area contributed by atoms with Crippen molar-refractivity contribution >= 4 is 18.3 Å². The largest absolute Gasteiger partial charge is 0.374 e. The van der Waals surface area contributed by atoms with Gasteiger partial charge in [0, 0.05) is 20.6 Å². The molecule has 2 heterocycles. The van der Waals surface area contributed by atoms with Crippen LogP contribution in [0.5, 0.6) is 0 Å². The molecule has 1 aliphatic heterocycles. The van der Waals surface area contributed by atoms with E-state index in [0.29, 0.717) is 36.5 Å². The van der Waals surface area contributed by atoms with Gasteiger partial charge in [-0.15, -0.1) is 12.4 Å². The van der Waals surface area contributed by atoms with Crippen molar-refractivity contribution in [3.05, 3.63) is 11.7 Å². The maximum absolute atomic E-state index is 12.4. The summed E-state index contributed by atoms with van der Waals surface area (Å²) in [6.07, 6.45) is 2.66. The molecule has 0 bridgehead atoms. The van der Waals surface area contributed by atoms with E-state index in [1.165, 1.54) is 0 Å². The van der Waals surface area contributed by atoms with Crippen molar-refractivity contribution in [2.45, 2.75) is 45.8 Å². The summed E-state index contributed by atoms with van der Waals surface area (Å²) in [4.78, 5) is 18.3. The summed E-state index contributed by atoms with van der Waals surface area (Å²) in [5.74, 6) is 2.10. The number of nitrogens with zero attached hydrogens (tertiary/aromatic N) is 3. The minimum atomic E-state index is -0.214. The first-order chi connectivity index (χ1) is 11.0. The summed E-state index contributed by atoms with van der Waals surface area (Å²) in [5.41, 5.74) is 0. The van der Waals surface area contributed by atoms with E-state index >= 15 is 0 Å². The minimum Gasteiger partial charge on any atom is -0.374 e. The molecule has 1 saturated heterocycles. The normalized spacial score (nSPS) is 17.8. The summed E-state index contributed by atoms with van der Waals surface area (Å²) < 4.78 is 10.3. The van der Waals surface area contributed by atoms with Crippen LogP contribution >= 0.6 is 12.4 Å². The van der Waals surface area contributed by atoms with Crippen LogP contribution in [0.15, 0.2) is 4.52 Å². The van der Waals surface area contributed by atoms with Crippen LogP contribution in [0, 0.1) is 11.8 Å². The van der Waals surface area contributed by atoms with Crippen LogP contribution in [0.3, 0.4) is 0 Å². The molecule has 0 saturated carbocycles. The summed E-state index contributed by atoms with van der Waals surface area (Å²) in [6, 6.07) is 0. The molecule has 1 fully saturated rings. The summed E-state index contributed by atoms with van der Waals surface area (Å²) in [5, 5.41) is 7.24. The molecule has 1 amide bonds. The second-order valence-corrected chi connectivity index (χ2v) is 6.44. The van der Waals surface area contributed by atoms with Crippen molar-refractivity contribution in [3.8, 4) is 0 Å². The Morgan fingerprint density at radius 1 is 1.42 bits per heavy atom. The molecule has 0 radical (unpaired) electrons. The average molecular weight is 361 g/mol. The van der Waals surface area contributed by atoms with Gasteiger partial charge in [-0.1, -0.05) is 12.1 Å². The lowest BCUT2D eigenvalue weighted by atomic mass is 9.84. The topological polar surface area (TPSA) is 80.5 Å². The molecule has 2 atom stereocenters. The van der Waals surface area contributed by atoms with Gasteiger partial charge in [0.2, 0.25) is 11.8 Å². The van der Waals surface area contributed by atoms with Gasteiger partial charge in [0.15, 0.2) is 5.82 Å². The Morgan fingerprint density at radius 3 is 2.71 bits per heavy atom. The number of amides is 1. The number of carbonyl (C=O) groups excluding carboxylic acids is 1. The molecule has 7 nitrogen and oxygen atoms in total. The van der Waals surface area contributed by atoms with Crippen molar-refractivity contribution in [1.82, 2.24) is 20.4 Å². The quantitative estimate of drug-likeness (QED) is 0.802. The number of piperidine rings is 1. The Morgan fingerprint density at radius 2 is 2.08 bits per heavy atom. The number of hydrogen-bond donors (Lipinski definition) is 1. The first-order valence-corrected chi connectivity index (χ1v) is 8.31. The molecule has 138 valence electrons. The van der Waals surface area contributed by atoms with E-state index < -0.39 is 0 Å².